The molecule has 23 heavy (non-hydrogen) atoms. The van der Waals surface area contributed by atoms with Gasteiger partial charge in [-0.1, -0.05) is 84.9 Å². The smallest absolute Gasteiger partial charge is 0.0375 e. The van der Waals surface area contributed by atoms with Crippen LogP contribution in [-0.2, 0) is 6.42 Å². The fraction of sp³-hybridized carbons (Fsp3) is 0.143. The summed E-state index contributed by atoms with van der Waals surface area (Å²) in [6, 6.07) is 30.6. The van der Waals surface area contributed by atoms with Crippen LogP contribution in [0.1, 0.15) is 17.2 Å². The van der Waals surface area contributed by atoms with Crippen molar-refractivity contribution in [2.75, 3.05) is 0 Å². The van der Waals surface area contributed by atoms with Gasteiger partial charge in [0.25, 0.3) is 0 Å². The second-order valence-corrected chi connectivity index (χ2v) is 8.47. The molecule has 2 atom stereocenters. The first-order valence-corrected chi connectivity index (χ1v) is 9.48. The molecule has 0 spiro atoms. The van der Waals surface area contributed by atoms with Gasteiger partial charge >= 0.3 is 0 Å². The monoisotopic (exact) mass is 317 g/mol. The molecule has 0 saturated heterocycles. The van der Waals surface area contributed by atoms with Gasteiger partial charge in [0.1, 0.15) is 0 Å². The Balaban J connectivity index is 1.79. The van der Waals surface area contributed by atoms with E-state index in [0.29, 0.717) is 5.66 Å². The maximum absolute atomic E-state index is 6.68. The maximum Gasteiger partial charge on any atom is 0.0375 e. The molecule has 0 saturated carbocycles. The van der Waals surface area contributed by atoms with E-state index in [9.17, 15) is 0 Å². The molecule has 2 N–H and O–H groups in total. The third-order valence-corrected chi connectivity index (χ3v) is 7.53. The van der Waals surface area contributed by atoms with E-state index in [4.69, 9.17) is 5.73 Å². The Morgan fingerprint density at radius 3 is 1.78 bits per heavy atom. The van der Waals surface area contributed by atoms with Crippen LogP contribution in [0.4, 0.5) is 0 Å². The quantitative estimate of drug-likeness (QED) is 0.732. The predicted molar refractivity (Wildman–Crippen MR) is 99.9 cm³/mol. The summed E-state index contributed by atoms with van der Waals surface area (Å²) >= 11 is 0. The molecule has 3 aromatic rings. The number of fused-ring (bicyclic) bond motifs is 1. The van der Waals surface area contributed by atoms with E-state index in [-0.39, 0.29) is 6.04 Å². The highest BCUT2D eigenvalue weighted by Crippen LogP contribution is 2.50. The first-order valence-electron chi connectivity index (χ1n) is 8.07. The van der Waals surface area contributed by atoms with E-state index in [0.717, 1.165) is 6.42 Å². The SMILES string of the molecule is N[C@H]1c2ccccc2C[C@@H]1P(c1ccccc1)c1ccccc1. The van der Waals surface area contributed by atoms with Crippen molar-refractivity contribution in [2.24, 2.45) is 5.73 Å². The van der Waals surface area contributed by atoms with E-state index in [1.807, 2.05) is 0 Å². The van der Waals surface area contributed by atoms with Gasteiger partial charge in [0, 0.05) is 11.7 Å². The minimum Gasteiger partial charge on any atom is -0.323 e. The molecule has 0 fully saturated rings. The van der Waals surface area contributed by atoms with Crippen molar-refractivity contribution in [3.05, 3.63) is 96.1 Å². The summed E-state index contributed by atoms with van der Waals surface area (Å²) in [5, 5.41) is 2.84. The molecule has 1 nitrogen and oxygen atoms in total. The lowest BCUT2D eigenvalue weighted by atomic mass is 10.1. The molecule has 0 aromatic heterocycles. The Morgan fingerprint density at radius 2 is 1.22 bits per heavy atom. The summed E-state index contributed by atoms with van der Waals surface area (Å²) < 4.78 is 0. The molecular weight excluding hydrogens is 297 g/mol. The van der Waals surface area contributed by atoms with Gasteiger partial charge in [-0.05, 0) is 36.1 Å². The first-order chi connectivity index (χ1) is 11.3. The van der Waals surface area contributed by atoms with Gasteiger partial charge in [0.2, 0.25) is 0 Å². The van der Waals surface area contributed by atoms with Crippen molar-refractivity contribution < 1.29 is 0 Å². The van der Waals surface area contributed by atoms with E-state index >= 15 is 0 Å². The molecule has 3 aromatic carbocycles. The molecule has 1 aliphatic carbocycles. The van der Waals surface area contributed by atoms with Gasteiger partial charge in [-0.2, -0.15) is 0 Å². The van der Waals surface area contributed by atoms with Crippen molar-refractivity contribution in [3.63, 3.8) is 0 Å². The molecule has 0 amide bonds. The third-order valence-electron chi connectivity index (χ3n) is 4.66. The highest BCUT2D eigenvalue weighted by Gasteiger charge is 2.36. The van der Waals surface area contributed by atoms with Crippen LogP contribution in [0.3, 0.4) is 0 Å². The summed E-state index contributed by atoms with van der Waals surface area (Å²) in [4.78, 5) is 0. The van der Waals surface area contributed by atoms with Crippen molar-refractivity contribution in [1.82, 2.24) is 0 Å². The topological polar surface area (TPSA) is 26.0 Å². The van der Waals surface area contributed by atoms with Crippen LogP contribution in [0.5, 0.6) is 0 Å². The number of benzene rings is 3. The van der Waals surface area contributed by atoms with Gasteiger partial charge in [0.05, 0.1) is 0 Å². The molecule has 114 valence electrons. The predicted octanol–water partition coefficient (Wildman–Crippen LogP) is 3.74. The number of nitrogens with two attached hydrogens (primary N) is 1. The fourth-order valence-corrected chi connectivity index (χ4v) is 6.48. The normalized spacial score (nSPS) is 19.7. The van der Waals surface area contributed by atoms with Crippen molar-refractivity contribution >= 4 is 18.5 Å². The zero-order valence-corrected chi connectivity index (χ0v) is 13.9. The van der Waals surface area contributed by atoms with E-state index < -0.39 is 7.92 Å². The fourth-order valence-electron chi connectivity index (χ4n) is 3.57. The summed E-state index contributed by atoms with van der Waals surface area (Å²) in [7, 11) is -0.463. The third kappa shape index (κ3) is 2.72. The van der Waals surface area contributed by atoms with Gasteiger partial charge < -0.3 is 5.73 Å². The Kier molecular flexibility index (Phi) is 3.99. The highest BCUT2D eigenvalue weighted by molar-refractivity contribution is 7.73. The molecule has 0 heterocycles. The summed E-state index contributed by atoms with van der Waals surface area (Å²) in [6.45, 7) is 0. The molecular formula is C21H20NP. The Hall–Kier alpha value is -1.95. The van der Waals surface area contributed by atoms with Crippen LogP contribution in [0, 0.1) is 0 Å². The second kappa shape index (κ2) is 6.28. The maximum atomic E-state index is 6.68. The lowest BCUT2D eigenvalue weighted by molar-refractivity contribution is 0.726. The first kappa shape index (κ1) is 14.6. The van der Waals surface area contributed by atoms with Crippen LogP contribution in [-0.4, -0.2) is 5.66 Å². The van der Waals surface area contributed by atoms with Crippen LogP contribution in [0.2, 0.25) is 0 Å². The molecule has 0 bridgehead atoms. The van der Waals surface area contributed by atoms with Crippen molar-refractivity contribution in [2.45, 2.75) is 18.1 Å². The Morgan fingerprint density at radius 1 is 0.696 bits per heavy atom. The number of hydrogen-bond acceptors (Lipinski definition) is 1. The highest BCUT2D eigenvalue weighted by atomic mass is 31.1. The van der Waals surface area contributed by atoms with Crippen LogP contribution in [0.25, 0.3) is 0 Å². The van der Waals surface area contributed by atoms with Crippen LogP contribution < -0.4 is 16.3 Å². The number of hydrogen-bond donors (Lipinski definition) is 1. The molecule has 0 radical (unpaired) electrons. The van der Waals surface area contributed by atoms with Gasteiger partial charge in [-0.15, -0.1) is 0 Å². The lowest BCUT2D eigenvalue weighted by Gasteiger charge is -2.28. The molecule has 2 heteroatoms. The summed E-state index contributed by atoms with van der Waals surface area (Å²) in [5.74, 6) is 0. The van der Waals surface area contributed by atoms with Gasteiger partial charge in [0.15, 0.2) is 0 Å². The Labute approximate surface area is 138 Å². The molecule has 0 aliphatic heterocycles. The standard InChI is InChI=1S/C21H20NP/c22-21-19-14-8-7-9-16(19)15-20(21)23(17-10-3-1-4-11-17)18-12-5-2-6-13-18/h1-14,20-21H,15,22H2/t20-,21-/m0/s1. The van der Waals surface area contributed by atoms with Crippen LogP contribution >= 0.6 is 7.92 Å². The molecule has 0 unspecified atom stereocenters. The largest absolute Gasteiger partial charge is 0.323 e. The Bertz CT molecular complexity index is 746. The average molecular weight is 317 g/mol. The van der Waals surface area contributed by atoms with Crippen LogP contribution in [0.15, 0.2) is 84.9 Å². The second-order valence-electron chi connectivity index (χ2n) is 6.04. The van der Waals surface area contributed by atoms with Gasteiger partial charge in [-0.25, -0.2) is 0 Å². The summed E-state index contributed by atoms with van der Waals surface area (Å²) in [6.07, 6.45) is 1.08. The summed E-state index contributed by atoms with van der Waals surface area (Å²) in [5.41, 5.74) is 9.90. The molecule has 1 aliphatic rings. The van der Waals surface area contributed by atoms with Crippen molar-refractivity contribution in [3.8, 4) is 0 Å². The van der Waals surface area contributed by atoms with E-state index in [1.54, 1.807) is 0 Å². The van der Waals surface area contributed by atoms with Crippen molar-refractivity contribution in [1.29, 1.82) is 0 Å². The number of rotatable bonds is 3. The minimum atomic E-state index is -0.463. The average Bonchev–Trinajstić information content (AvgIpc) is 2.94. The lowest BCUT2D eigenvalue weighted by Crippen LogP contribution is -2.28. The van der Waals surface area contributed by atoms with E-state index in [1.165, 1.54) is 21.7 Å². The molecule has 4 rings (SSSR count). The zero-order chi connectivity index (χ0) is 15.6. The zero-order valence-electron chi connectivity index (χ0n) is 13.0. The van der Waals surface area contributed by atoms with Gasteiger partial charge in [-0.3, -0.25) is 0 Å². The van der Waals surface area contributed by atoms with E-state index in [2.05, 4.69) is 84.9 Å². The minimum absolute atomic E-state index is 0.123.